The summed E-state index contributed by atoms with van der Waals surface area (Å²) < 4.78 is 18.3. The quantitative estimate of drug-likeness (QED) is 0.206. The summed E-state index contributed by atoms with van der Waals surface area (Å²) in [6, 6.07) is -0.959. The molecule has 5 unspecified atom stereocenters. The van der Waals surface area contributed by atoms with E-state index in [2.05, 4.69) is 33.0 Å². The highest BCUT2D eigenvalue weighted by atomic mass is 16.7. The third-order valence-corrected chi connectivity index (χ3v) is 13.8. The fourth-order valence-corrected chi connectivity index (χ4v) is 11.4. The maximum Gasteiger partial charge on any atom is 0.302 e. The summed E-state index contributed by atoms with van der Waals surface area (Å²) in [5.41, 5.74) is 0.233. The Labute approximate surface area is 281 Å². The van der Waals surface area contributed by atoms with Gasteiger partial charge >= 0.3 is 5.97 Å². The van der Waals surface area contributed by atoms with Crippen LogP contribution in [0.15, 0.2) is 0 Å². The lowest BCUT2D eigenvalue weighted by atomic mass is 9.44. The topological polar surface area (TPSA) is 155 Å². The van der Waals surface area contributed by atoms with Gasteiger partial charge in [0.2, 0.25) is 5.91 Å². The molecule has 1 heterocycles. The van der Waals surface area contributed by atoms with Crippen molar-refractivity contribution >= 4 is 11.9 Å². The van der Waals surface area contributed by atoms with Gasteiger partial charge in [0.15, 0.2) is 6.29 Å². The van der Waals surface area contributed by atoms with E-state index < -0.39 is 37.3 Å². The lowest BCUT2D eigenvalue weighted by Crippen LogP contribution is -2.65. The molecule has 10 nitrogen and oxygen atoms in total. The van der Waals surface area contributed by atoms with Gasteiger partial charge in [-0.2, -0.15) is 0 Å². The Balaban J connectivity index is 1.40. The van der Waals surface area contributed by atoms with E-state index in [-0.39, 0.29) is 40.8 Å². The number of rotatable bonds is 11. The number of fused-ring (bicyclic) bond motifs is 5. The van der Waals surface area contributed by atoms with Gasteiger partial charge < -0.3 is 40.0 Å². The van der Waals surface area contributed by atoms with Crippen molar-refractivity contribution in [3.8, 4) is 0 Å². The Morgan fingerprint density at radius 3 is 2.36 bits per heavy atom. The molecule has 1 aliphatic heterocycles. The lowest BCUT2D eigenvalue weighted by Gasteiger charge is -2.61. The third-order valence-electron chi connectivity index (χ3n) is 13.8. The molecule has 0 bridgehead atoms. The third kappa shape index (κ3) is 7.43. The first-order valence-electron chi connectivity index (χ1n) is 18.6. The van der Waals surface area contributed by atoms with Crippen molar-refractivity contribution in [3.05, 3.63) is 0 Å². The molecule has 0 radical (unpaired) electrons. The van der Waals surface area contributed by atoms with E-state index in [0.717, 1.165) is 64.2 Å². The molecule has 10 heteroatoms. The number of amides is 1. The predicted molar refractivity (Wildman–Crippen MR) is 176 cm³/mol. The second-order valence-electron chi connectivity index (χ2n) is 16.8. The van der Waals surface area contributed by atoms with Crippen LogP contribution in [0.4, 0.5) is 0 Å². The summed E-state index contributed by atoms with van der Waals surface area (Å²) in [6.07, 6.45) is 6.23. The van der Waals surface area contributed by atoms with Crippen LogP contribution < -0.4 is 5.32 Å². The van der Waals surface area contributed by atoms with E-state index in [0.29, 0.717) is 42.1 Å². The molecule has 47 heavy (non-hydrogen) atoms. The zero-order chi connectivity index (χ0) is 34.3. The van der Waals surface area contributed by atoms with Gasteiger partial charge in [0.1, 0.15) is 24.4 Å². The molecule has 4 aliphatic carbocycles. The number of aliphatic hydroxyl groups is 4. The maximum atomic E-state index is 12.2. The summed E-state index contributed by atoms with van der Waals surface area (Å²) in [5.74, 6) is 2.38. The molecular weight excluding hydrogens is 602 g/mol. The number of esters is 1. The first kappa shape index (κ1) is 37.0. The molecule has 5 aliphatic rings. The smallest absolute Gasteiger partial charge is 0.302 e. The minimum absolute atomic E-state index is 0.0403. The Hall–Kier alpha value is -1.30. The Morgan fingerprint density at radius 2 is 1.68 bits per heavy atom. The van der Waals surface area contributed by atoms with E-state index in [9.17, 15) is 30.0 Å². The van der Waals surface area contributed by atoms with E-state index >= 15 is 0 Å². The van der Waals surface area contributed by atoms with Crippen LogP contribution in [0, 0.1) is 52.3 Å². The molecule has 0 spiro atoms. The molecule has 16 atom stereocenters. The van der Waals surface area contributed by atoms with Crippen LogP contribution in [0.5, 0.6) is 0 Å². The van der Waals surface area contributed by atoms with Crippen molar-refractivity contribution in [2.24, 2.45) is 52.3 Å². The van der Waals surface area contributed by atoms with Gasteiger partial charge in [0.25, 0.3) is 0 Å². The molecular formula is C37H63NO9. The van der Waals surface area contributed by atoms with Crippen LogP contribution in [0.1, 0.15) is 112 Å². The summed E-state index contributed by atoms with van der Waals surface area (Å²) in [7, 11) is 0. The minimum Gasteiger partial charge on any atom is -0.466 e. The van der Waals surface area contributed by atoms with Crippen molar-refractivity contribution in [2.45, 2.75) is 155 Å². The molecule has 1 amide bonds. The largest absolute Gasteiger partial charge is 0.466 e. The number of hydrogen-bond acceptors (Lipinski definition) is 9. The van der Waals surface area contributed by atoms with Gasteiger partial charge in [-0.3, -0.25) is 9.59 Å². The fraction of sp³-hybridized carbons (Fsp3) is 0.946. The summed E-state index contributed by atoms with van der Waals surface area (Å²) in [5, 5.41) is 45.0. The second kappa shape index (κ2) is 14.9. The standard InChI is InChI=1S/C37H63NO9/c1-20(19-45-23(4)41)8-7-9-21(2)28-17-29(46-35-32(38-22(3)40)34(44)33(43)30(18-39)47-35)31-26-11-10-24-16-25(42)12-14-36(24,5)27(26)13-15-37(28,31)6/h20-21,24-35,39,42-44H,7-19H2,1-6H3,(H,38,40)/t20-,21-,24?,25?,26?,27?,28-,29-,30+,31?,32-,33-,34+,35-,36+,37-/m1/s1. The van der Waals surface area contributed by atoms with E-state index in [1.165, 1.54) is 20.3 Å². The molecule has 0 aromatic carbocycles. The zero-order valence-corrected chi connectivity index (χ0v) is 29.6. The molecule has 0 aromatic rings. The Bertz CT molecular complexity index is 1090. The fourth-order valence-electron chi connectivity index (χ4n) is 11.4. The van der Waals surface area contributed by atoms with E-state index in [4.69, 9.17) is 14.2 Å². The van der Waals surface area contributed by atoms with Gasteiger partial charge in [-0.05, 0) is 110 Å². The predicted octanol–water partition coefficient (Wildman–Crippen LogP) is 3.95. The van der Waals surface area contributed by atoms with Crippen molar-refractivity contribution in [2.75, 3.05) is 13.2 Å². The van der Waals surface area contributed by atoms with Gasteiger partial charge in [0.05, 0.1) is 25.4 Å². The van der Waals surface area contributed by atoms with Crippen LogP contribution in [0.3, 0.4) is 0 Å². The van der Waals surface area contributed by atoms with Crippen LogP contribution in [-0.4, -0.2) is 88.4 Å². The summed E-state index contributed by atoms with van der Waals surface area (Å²) in [6.45, 7) is 12.3. The number of carbonyl (C=O) groups is 2. The zero-order valence-electron chi connectivity index (χ0n) is 29.6. The molecule has 1 saturated heterocycles. The van der Waals surface area contributed by atoms with Gasteiger partial charge in [-0.1, -0.05) is 40.5 Å². The Kier molecular flexibility index (Phi) is 11.7. The first-order valence-corrected chi connectivity index (χ1v) is 18.6. The molecule has 5 rings (SSSR count). The number of nitrogens with one attached hydrogen (secondary N) is 1. The van der Waals surface area contributed by atoms with Crippen LogP contribution in [-0.2, 0) is 23.8 Å². The SMILES string of the molecule is CC(=O)N[C@H]1[C@H](O[C@@H]2C[C@H]([C@H](C)CCC[C@@H](C)COC(C)=O)[C@@]3(C)CCC4C(CCC5CC(O)CC[C@@]54C)C23)O[C@@H](CO)[C@@H](O)[C@H]1O. The molecule has 5 fully saturated rings. The normalized spacial score (nSPS) is 46.0. The average Bonchev–Trinajstić information content (AvgIpc) is 3.31. The van der Waals surface area contributed by atoms with Crippen molar-refractivity contribution in [1.82, 2.24) is 5.32 Å². The van der Waals surface area contributed by atoms with Gasteiger partial charge in [-0.15, -0.1) is 0 Å². The summed E-state index contributed by atoms with van der Waals surface area (Å²) in [4.78, 5) is 23.5. The van der Waals surface area contributed by atoms with Crippen molar-refractivity contribution in [3.63, 3.8) is 0 Å². The van der Waals surface area contributed by atoms with Crippen LogP contribution in [0.2, 0.25) is 0 Å². The van der Waals surface area contributed by atoms with Gasteiger partial charge in [0, 0.05) is 13.8 Å². The minimum atomic E-state index is -1.35. The number of carbonyl (C=O) groups excluding carboxylic acids is 2. The average molecular weight is 666 g/mol. The van der Waals surface area contributed by atoms with E-state index in [1.54, 1.807) is 0 Å². The van der Waals surface area contributed by atoms with E-state index in [1.807, 2.05) is 0 Å². The summed E-state index contributed by atoms with van der Waals surface area (Å²) >= 11 is 0. The molecule has 4 saturated carbocycles. The van der Waals surface area contributed by atoms with Crippen LogP contribution in [0.25, 0.3) is 0 Å². The number of ether oxygens (including phenoxy) is 3. The highest BCUT2D eigenvalue weighted by Gasteiger charge is 2.64. The molecule has 270 valence electrons. The first-order chi connectivity index (χ1) is 22.2. The maximum absolute atomic E-state index is 12.2. The van der Waals surface area contributed by atoms with Gasteiger partial charge in [-0.25, -0.2) is 0 Å². The molecule has 0 aromatic heterocycles. The lowest BCUT2D eigenvalue weighted by molar-refractivity contribution is -0.290. The van der Waals surface area contributed by atoms with Crippen molar-refractivity contribution in [1.29, 1.82) is 0 Å². The monoisotopic (exact) mass is 665 g/mol. The number of hydrogen-bond donors (Lipinski definition) is 5. The number of aliphatic hydroxyl groups excluding tert-OH is 4. The van der Waals surface area contributed by atoms with Crippen molar-refractivity contribution < 1.29 is 44.2 Å². The highest BCUT2D eigenvalue weighted by molar-refractivity contribution is 5.73. The highest BCUT2D eigenvalue weighted by Crippen LogP contribution is 2.69. The van der Waals surface area contributed by atoms with Crippen LogP contribution >= 0.6 is 0 Å². The Morgan fingerprint density at radius 1 is 0.957 bits per heavy atom. The molecule has 5 N–H and O–H groups in total. The second-order valence-corrected chi connectivity index (χ2v) is 16.8.